The summed E-state index contributed by atoms with van der Waals surface area (Å²) < 4.78 is 29.3. The molecule has 1 fully saturated rings. The summed E-state index contributed by atoms with van der Waals surface area (Å²) in [5.41, 5.74) is -0.346. The van der Waals surface area contributed by atoms with Gasteiger partial charge in [-0.3, -0.25) is 10.1 Å². The lowest BCUT2D eigenvalue weighted by atomic mass is 9.88. The molecule has 0 aliphatic heterocycles. The standard InChI is InChI=1S/C13H16FNO6/c1-19-4-5-20-13-10(16)7-12(13)21-11-3-2-8(15(17)18)6-9(11)14/h2-3,6,10,12-13,16H,4-5,7H2,1H3. The third-order valence-electron chi connectivity index (χ3n) is 3.22. The molecule has 0 spiro atoms. The minimum Gasteiger partial charge on any atom is -0.484 e. The third-order valence-corrected chi connectivity index (χ3v) is 3.22. The van der Waals surface area contributed by atoms with Gasteiger partial charge in [0.2, 0.25) is 0 Å². The van der Waals surface area contributed by atoms with Gasteiger partial charge in [-0.15, -0.1) is 0 Å². The Morgan fingerprint density at radius 1 is 1.48 bits per heavy atom. The Morgan fingerprint density at radius 3 is 2.81 bits per heavy atom. The molecule has 1 N–H and O–H groups in total. The predicted molar refractivity (Wildman–Crippen MR) is 69.7 cm³/mol. The molecular formula is C13H16FNO6. The van der Waals surface area contributed by atoms with Crippen LogP contribution in [0.4, 0.5) is 10.1 Å². The van der Waals surface area contributed by atoms with Gasteiger partial charge < -0.3 is 19.3 Å². The van der Waals surface area contributed by atoms with Crippen LogP contribution in [-0.4, -0.2) is 48.7 Å². The number of methoxy groups -OCH3 is 1. The lowest BCUT2D eigenvalue weighted by Crippen LogP contribution is -2.55. The van der Waals surface area contributed by atoms with Crippen LogP contribution in [0, 0.1) is 15.9 Å². The topological polar surface area (TPSA) is 91.1 Å². The molecule has 1 aliphatic carbocycles. The Hall–Kier alpha value is -1.77. The van der Waals surface area contributed by atoms with Gasteiger partial charge in [0, 0.05) is 19.6 Å². The molecule has 3 atom stereocenters. The van der Waals surface area contributed by atoms with Gasteiger partial charge in [0.05, 0.1) is 30.3 Å². The van der Waals surface area contributed by atoms with Crippen LogP contribution < -0.4 is 4.74 Å². The second-order valence-corrected chi connectivity index (χ2v) is 4.66. The first-order chi connectivity index (χ1) is 10.0. The molecule has 0 heterocycles. The lowest BCUT2D eigenvalue weighted by molar-refractivity contribution is -0.385. The van der Waals surface area contributed by atoms with Crippen molar-refractivity contribution in [1.29, 1.82) is 0 Å². The first-order valence-corrected chi connectivity index (χ1v) is 6.42. The number of non-ortho nitro benzene ring substituents is 1. The maximum atomic E-state index is 13.7. The van der Waals surface area contributed by atoms with Crippen molar-refractivity contribution in [2.75, 3.05) is 20.3 Å². The zero-order valence-corrected chi connectivity index (χ0v) is 11.4. The van der Waals surface area contributed by atoms with Crippen molar-refractivity contribution >= 4 is 5.69 Å². The molecule has 2 rings (SSSR count). The molecule has 7 nitrogen and oxygen atoms in total. The number of ether oxygens (including phenoxy) is 3. The minimum atomic E-state index is -0.818. The first kappa shape index (κ1) is 15.6. The van der Waals surface area contributed by atoms with Crippen LogP contribution in [0.15, 0.2) is 18.2 Å². The van der Waals surface area contributed by atoms with Gasteiger partial charge in [-0.25, -0.2) is 4.39 Å². The van der Waals surface area contributed by atoms with Crippen molar-refractivity contribution in [2.45, 2.75) is 24.7 Å². The highest BCUT2D eigenvalue weighted by Crippen LogP contribution is 2.31. The second kappa shape index (κ2) is 6.79. The number of hydrogen-bond donors (Lipinski definition) is 1. The van der Waals surface area contributed by atoms with E-state index in [0.717, 1.165) is 12.1 Å². The highest BCUT2D eigenvalue weighted by Gasteiger charge is 2.43. The Labute approximate surface area is 120 Å². The monoisotopic (exact) mass is 301 g/mol. The first-order valence-electron chi connectivity index (χ1n) is 6.42. The summed E-state index contributed by atoms with van der Waals surface area (Å²) in [4.78, 5) is 9.85. The highest BCUT2D eigenvalue weighted by molar-refractivity contribution is 5.37. The molecule has 21 heavy (non-hydrogen) atoms. The van der Waals surface area contributed by atoms with Gasteiger partial charge in [0.1, 0.15) is 12.2 Å². The summed E-state index contributed by atoms with van der Waals surface area (Å²) >= 11 is 0. The van der Waals surface area contributed by atoms with Crippen molar-refractivity contribution in [3.63, 3.8) is 0 Å². The van der Waals surface area contributed by atoms with Crippen molar-refractivity contribution in [3.8, 4) is 5.75 Å². The summed E-state index contributed by atoms with van der Waals surface area (Å²) in [6.07, 6.45) is -1.41. The average molecular weight is 301 g/mol. The van der Waals surface area contributed by atoms with Gasteiger partial charge in [-0.1, -0.05) is 0 Å². The highest BCUT2D eigenvalue weighted by atomic mass is 19.1. The van der Waals surface area contributed by atoms with E-state index in [4.69, 9.17) is 14.2 Å². The number of hydrogen-bond acceptors (Lipinski definition) is 6. The molecule has 0 aromatic heterocycles. The zero-order valence-electron chi connectivity index (χ0n) is 11.4. The van der Waals surface area contributed by atoms with Gasteiger partial charge in [0.15, 0.2) is 11.6 Å². The smallest absolute Gasteiger partial charge is 0.272 e. The molecule has 116 valence electrons. The summed E-state index contributed by atoms with van der Waals surface area (Å²) in [6.45, 7) is 0.669. The van der Waals surface area contributed by atoms with Crippen molar-refractivity contribution in [2.24, 2.45) is 0 Å². The normalized spacial score (nSPS) is 24.4. The Balaban J connectivity index is 1.96. The number of aliphatic hydroxyl groups excluding tert-OH is 1. The van der Waals surface area contributed by atoms with E-state index < -0.39 is 29.1 Å². The zero-order chi connectivity index (χ0) is 15.4. The number of nitro groups is 1. The molecule has 0 amide bonds. The number of benzene rings is 1. The molecule has 1 aromatic carbocycles. The predicted octanol–water partition coefficient (Wildman–Crippen LogP) is 1.28. The number of halogens is 1. The van der Waals surface area contributed by atoms with Crippen LogP contribution in [0.2, 0.25) is 0 Å². The molecule has 3 unspecified atom stereocenters. The van der Waals surface area contributed by atoms with Crippen LogP contribution in [0.1, 0.15) is 6.42 Å². The van der Waals surface area contributed by atoms with Gasteiger partial charge in [-0.05, 0) is 6.07 Å². The van der Waals surface area contributed by atoms with E-state index >= 15 is 0 Å². The van der Waals surface area contributed by atoms with Gasteiger partial charge in [-0.2, -0.15) is 0 Å². The van der Waals surface area contributed by atoms with E-state index in [1.807, 2.05) is 0 Å². The van der Waals surface area contributed by atoms with Crippen LogP contribution in [0.25, 0.3) is 0 Å². The molecule has 1 aliphatic rings. The van der Waals surface area contributed by atoms with E-state index in [2.05, 4.69) is 0 Å². The fraction of sp³-hybridized carbons (Fsp3) is 0.538. The number of nitro benzene ring substituents is 1. The van der Waals surface area contributed by atoms with Gasteiger partial charge in [0.25, 0.3) is 5.69 Å². The van der Waals surface area contributed by atoms with Crippen LogP contribution in [0.3, 0.4) is 0 Å². The van der Waals surface area contributed by atoms with Crippen molar-refractivity contribution < 1.29 is 28.6 Å². The SMILES string of the molecule is COCCOC1C(O)CC1Oc1ccc([N+](=O)[O-])cc1F. The number of rotatable bonds is 7. The van der Waals surface area contributed by atoms with E-state index in [0.29, 0.717) is 19.6 Å². The minimum absolute atomic E-state index is 0.0992. The van der Waals surface area contributed by atoms with Crippen LogP contribution >= 0.6 is 0 Å². The summed E-state index contributed by atoms with van der Waals surface area (Å²) in [5, 5.41) is 20.1. The summed E-state index contributed by atoms with van der Waals surface area (Å²) in [7, 11) is 1.53. The fourth-order valence-electron chi connectivity index (χ4n) is 2.02. The van der Waals surface area contributed by atoms with E-state index in [1.54, 1.807) is 0 Å². The number of aliphatic hydroxyl groups is 1. The Kier molecular flexibility index (Phi) is 5.05. The summed E-state index contributed by atoms with van der Waals surface area (Å²) in [5.74, 6) is -0.918. The van der Waals surface area contributed by atoms with E-state index in [9.17, 15) is 19.6 Å². The fourth-order valence-corrected chi connectivity index (χ4v) is 2.02. The molecule has 8 heteroatoms. The van der Waals surface area contributed by atoms with Crippen LogP contribution in [0.5, 0.6) is 5.75 Å². The van der Waals surface area contributed by atoms with Crippen molar-refractivity contribution in [1.82, 2.24) is 0 Å². The van der Waals surface area contributed by atoms with E-state index in [-0.39, 0.29) is 11.4 Å². The average Bonchev–Trinajstić information content (AvgIpc) is 2.44. The molecule has 0 saturated heterocycles. The Bertz CT molecular complexity index is 511. The quantitative estimate of drug-likeness (QED) is 0.463. The molecule has 1 aromatic rings. The maximum Gasteiger partial charge on any atom is 0.272 e. The molecule has 0 bridgehead atoms. The Morgan fingerprint density at radius 2 is 2.24 bits per heavy atom. The summed E-state index contributed by atoms with van der Waals surface area (Å²) in [6, 6.07) is 3.16. The third kappa shape index (κ3) is 3.66. The second-order valence-electron chi connectivity index (χ2n) is 4.66. The number of nitrogens with zero attached hydrogens (tertiary/aromatic N) is 1. The molecule has 1 saturated carbocycles. The maximum absolute atomic E-state index is 13.7. The van der Waals surface area contributed by atoms with E-state index in [1.165, 1.54) is 13.2 Å². The van der Waals surface area contributed by atoms with Crippen LogP contribution in [-0.2, 0) is 9.47 Å². The largest absolute Gasteiger partial charge is 0.484 e. The molecular weight excluding hydrogens is 285 g/mol. The van der Waals surface area contributed by atoms with Gasteiger partial charge >= 0.3 is 0 Å². The molecule has 0 radical (unpaired) electrons. The lowest BCUT2D eigenvalue weighted by Gasteiger charge is -2.40. The van der Waals surface area contributed by atoms with Crippen molar-refractivity contribution in [3.05, 3.63) is 34.1 Å².